The van der Waals surface area contributed by atoms with E-state index in [-0.39, 0.29) is 10.8 Å². The van der Waals surface area contributed by atoms with Gasteiger partial charge in [0.05, 0.1) is 0 Å². The van der Waals surface area contributed by atoms with Crippen LogP contribution in [0.3, 0.4) is 0 Å². The van der Waals surface area contributed by atoms with E-state index in [4.69, 9.17) is 0 Å². The van der Waals surface area contributed by atoms with E-state index in [0.717, 1.165) is 38.5 Å². The maximum Gasteiger partial charge on any atom is 0.270 e. The highest BCUT2D eigenvalue weighted by atomic mass is 32.2. The lowest BCUT2D eigenvalue weighted by Crippen LogP contribution is -2.39. The number of aromatic nitrogens is 1. The Morgan fingerprint density at radius 1 is 1.00 bits per heavy atom. The number of piperidine rings is 2. The van der Waals surface area contributed by atoms with Crippen LogP contribution in [0.2, 0.25) is 0 Å². The van der Waals surface area contributed by atoms with Gasteiger partial charge in [0.25, 0.3) is 5.91 Å². The zero-order valence-electron chi connectivity index (χ0n) is 16.7. The maximum absolute atomic E-state index is 12.9. The minimum Gasteiger partial charge on any atom is -0.356 e. The normalized spacial score (nSPS) is 19.4. The minimum atomic E-state index is -3.52. The van der Waals surface area contributed by atoms with Crippen LogP contribution in [0, 0.1) is 5.92 Å². The molecule has 7 heteroatoms. The summed E-state index contributed by atoms with van der Waals surface area (Å²) in [5.74, 6) is 0.475. The SMILES string of the molecule is O=C(c1cc(S(=O)(=O)N2CCCCC2)c[nH]1)N1CCC(Cc2ccccc2)CC1. The van der Waals surface area contributed by atoms with E-state index in [1.807, 2.05) is 11.0 Å². The predicted molar refractivity (Wildman–Crippen MR) is 112 cm³/mol. The number of nitrogens with one attached hydrogen (secondary N) is 1. The third-order valence-electron chi connectivity index (χ3n) is 6.11. The molecule has 6 nitrogen and oxygen atoms in total. The van der Waals surface area contributed by atoms with Crippen LogP contribution < -0.4 is 0 Å². The first-order valence-electron chi connectivity index (χ1n) is 10.6. The van der Waals surface area contributed by atoms with Gasteiger partial charge in [-0.25, -0.2) is 8.42 Å². The molecule has 2 saturated heterocycles. The van der Waals surface area contributed by atoms with Crippen molar-refractivity contribution in [3.8, 4) is 0 Å². The lowest BCUT2D eigenvalue weighted by molar-refractivity contribution is 0.0685. The van der Waals surface area contributed by atoms with E-state index in [2.05, 4.69) is 29.2 Å². The van der Waals surface area contributed by atoms with Gasteiger partial charge in [-0.05, 0) is 49.7 Å². The third-order valence-corrected chi connectivity index (χ3v) is 7.99. The smallest absolute Gasteiger partial charge is 0.270 e. The first-order valence-corrected chi connectivity index (χ1v) is 12.0. The molecule has 4 rings (SSSR count). The van der Waals surface area contributed by atoms with E-state index in [9.17, 15) is 13.2 Å². The van der Waals surface area contributed by atoms with Gasteiger partial charge in [0.1, 0.15) is 10.6 Å². The summed E-state index contributed by atoms with van der Waals surface area (Å²) in [6, 6.07) is 12.0. The third kappa shape index (κ3) is 4.56. The Bertz CT molecular complexity index is 925. The second-order valence-corrected chi connectivity index (χ2v) is 10.1. The molecule has 2 aliphatic rings. The molecule has 3 heterocycles. The summed E-state index contributed by atoms with van der Waals surface area (Å²) < 4.78 is 27.1. The molecule has 0 aliphatic carbocycles. The first kappa shape index (κ1) is 20.2. The number of sulfonamides is 1. The van der Waals surface area contributed by atoms with Crippen LogP contribution in [0.25, 0.3) is 0 Å². The van der Waals surface area contributed by atoms with Crippen LogP contribution in [0.1, 0.15) is 48.2 Å². The van der Waals surface area contributed by atoms with Gasteiger partial charge in [-0.1, -0.05) is 36.8 Å². The van der Waals surface area contributed by atoms with Gasteiger partial charge >= 0.3 is 0 Å². The Labute approximate surface area is 173 Å². The first-order chi connectivity index (χ1) is 14.0. The van der Waals surface area contributed by atoms with Gasteiger partial charge in [0.2, 0.25) is 10.0 Å². The molecule has 0 saturated carbocycles. The molecule has 2 aromatic rings. The number of hydrogen-bond donors (Lipinski definition) is 1. The van der Waals surface area contributed by atoms with Crippen molar-refractivity contribution in [1.82, 2.24) is 14.2 Å². The molecular weight excluding hydrogens is 386 g/mol. The Hall–Kier alpha value is -2.12. The molecule has 29 heavy (non-hydrogen) atoms. The summed E-state index contributed by atoms with van der Waals surface area (Å²) in [5.41, 5.74) is 1.70. The summed E-state index contributed by atoms with van der Waals surface area (Å²) in [6.45, 7) is 2.55. The van der Waals surface area contributed by atoms with Gasteiger partial charge in [0, 0.05) is 32.4 Å². The molecule has 2 fully saturated rings. The summed E-state index contributed by atoms with van der Waals surface area (Å²) in [6.07, 6.45) is 7.31. The molecule has 1 aromatic carbocycles. The van der Waals surface area contributed by atoms with Crippen LogP contribution in [0.15, 0.2) is 47.5 Å². The van der Waals surface area contributed by atoms with Crippen molar-refractivity contribution < 1.29 is 13.2 Å². The van der Waals surface area contributed by atoms with Gasteiger partial charge in [-0.3, -0.25) is 4.79 Å². The highest BCUT2D eigenvalue weighted by Crippen LogP contribution is 2.25. The van der Waals surface area contributed by atoms with Crippen molar-refractivity contribution in [3.63, 3.8) is 0 Å². The van der Waals surface area contributed by atoms with Gasteiger partial charge in [0.15, 0.2) is 0 Å². The number of H-pyrrole nitrogens is 1. The van der Waals surface area contributed by atoms with Crippen molar-refractivity contribution in [2.24, 2.45) is 5.92 Å². The summed E-state index contributed by atoms with van der Waals surface area (Å²) in [7, 11) is -3.52. The Kier molecular flexibility index (Phi) is 6.06. The molecule has 1 amide bonds. The van der Waals surface area contributed by atoms with E-state index in [1.54, 1.807) is 0 Å². The van der Waals surface area contributed by atoms with E-state index >= 15 is 0 Å². The lowest BCUT2D eigenvalue weighted by atomic mass is 9.90. The van der Waals surface area contributed by atoms with Gasteiger partial charge in [-0.2, -0.15) is 4.31 Å². The van der Waals surface area contributed by atoms with Crippen LogP contribution in [-0.2, 0) is 16.4 Å². The lowest BCUT2D eigenvalue weighted by Gasteiger charge is -2.31. The molecular formula is C22H29N3O3S. The fourth-order valence-corrected chi connectivity index (χ4v) is 5.87. The monoisotopic (exact) mass is 415 g/mol. The summed E-state index contributed by atoms with van der Waals surface area (Å²) >= 11 is 0. The molecule has 1 N–H and O–H groups in total. The number of aromatic amines is 1. The molecule has 2 aliphatic heterocycles. The molecule has 156 valence electrons. The second-order valence-electron chi connectivity index (χ2n) is 8.14. The number of amides is 1. The van der Waals surface area contributed by atoms with Gasteiger partial charge in [-0.15, -0.1) is 0 Å². The van der Waals surface area contributed by atoms with Crippen LogP contribution in [0.5, 0.6) is 0 Å². The summed E-state index contributed by atoms with van der Waals surface area (Å²) in [5, 5.41) is 0. The van der Waals surface area contributed by atoms with Crippen molar-refractivity contribution in [3.05, 3.63) is 53.9 Å². The Balaban J connectivity index is 1.36. The number of likely N-dealkylation sites (tertiary alicyclic amines) is 1. The quantitative estimate of drug-likeness (QED) is 0.814. The number of hydrogen-bond acceptors (Lipinski definition) is 3. The number of carbonyl (C=O) groups is 1. The Morgan fingerprint density at radius 2 is 1.69 bits per heavy atom. The predicted octanol–water partition coefficient (Wildman–Crippen LogP) is 3.28. The van der Waals surface area contributed by atoms with Crippen LogP contribution >= 0.6 is 0 Å². The van der Waals surface area contributed by atoms with Crippen molar-refractivity contribution in [1.29, 1.82) is 0 Å². The van der Waals surface area contributed by atoms with E-state index in [0.29, 0.717) is 37.8 Å². The molecule has 0 spiro atoms. The molecule has 0 atom stereocenters. The number of rotatable bonds is 5. The van der Waals surface area contributed by atoms with E-state index in [1.165, 1.54) is 22.1 Å². The minimum absolute atomic E-state index is 0.108. The van der Waals surface area contributed by atoms with Crippen LogP contribution in [-0.4, -0.2) is 54.7 Å². The Morgan fingerprint density at radius 3 is 2.38 bits per heavy atom. The molecule has 0 bridgehead atoms. The average Bonchev–Trinajstić information content (AvgIpc) is 3.26. The van der Waals surface area contributed by atoms with E-state index < -0.39 is 10.0 Å². The summed E-state index contributed by atoms with van der Waals surface area (Å²) in [4.78, 5) is 17.8. The van der Waals surface area contributed by atoms with Crippen LogP contribution in [0.4, 0.5) is 0 Å². The van der Waals surface area contributed by atoms with Crippen molar-refractivity contribution in [2.75, 3.05) is 26.2 Å². The number of benzene rings is 1. The highest BCUT2D eigenvalue weighted by molar-refractivity contribution is 7.89. The van der Waals surface area contributed by atoms with Crippen molar-refractivity contribution >= 4 is 15.9 Å². The van der Waals surface area contributed by atoms with Crippen molar-refractivity contribution in [2.45, 2.75) is 43.4 Å². The fourth-order valence-electron chi connectivity index (χ4n) is 4.36. The average molecular weight is 416 g/mol. The molecule has 0 radical (unpaired) electrons. The number of carbonyl (C=O) groups excluding carboxylic acids is 1. The standard InChI is InChI=1S/C22H29N3O3S/c26-22(24-13-9-19(10-14-24)15-18-7-3-1-4-8-18)21-16-20(17-23-21)29(27,28)25-11-5-2-6-12-25/h1,3-4,7-8,16-17,19,23H,2,5-6,9-15H2. The molecule has 1 aromatic heterocycles. The second kappa shape index (κ2) is 8.71. The maximum atomic E-state index is 12.9. The van der Waals surface area contributed by atoms with Gasteiger partial charge < -0.3 is 9.88 Å². The number of nitrogens with zero attached hydrogens (tertiary/aromatic N) is 2. The zero-order valence-corrected chi connectivity index (χ0v) is 17.5. The topological polar surface area (TPSA) is 73.5 Å². The fraction of sp³-hybridized carbons (Fsp3) is 0.500. The zero-order chi connectivity index (χ0) is 20.3. The largest absolute Gasteiger partial charge is 0.356 e. The highest BCUT2D eigenvalue weighted by Gasteiger charge is 2.29. The molecule has 0 unspecified atom stereocenters.